The summed E-state index contributed by atoms with van der Waals surface area (Å²) in [6.07, 6.45) is 2.98. The van der Waals surface area contributed by atoms with Crippen LogP contribution in [0.5, 0.6) is 0 Å². The average Bonchev–Trinajstić information content (AvgIpc) is 3.28. The van der Waals surface area contributed by atoms with E-state index < -0.39 is 17.8 Å². The predicted molar refractivity (Wildman–Crippen MR) is 92.8 cm³/mol. The Morgan fingerprint density at radius 3 is 2.96 bits per heavy atom. The van der Waals surface area contributed by atoms with Gasteiger partial charge >= 0.3 is 5.97 Å². The molecule has 0 bridgehead atoms. The minimum absolute atomic E-state index is 0.0138. The van der Waals surface area contributed by atoms with Crippen LogP contribution in [-0.2, 0) is 16.0 Å². The fraction of sp³-hybridized carbons (Fsp3) is 0.421. The summed E-state index contributed by atoms with van der Waals surface area (Å²) in [5.41, 5.74) is 2.16. The fourth-order valence-electron chi connectivity index (χ4n) is 3.11. The van der Waals surface area contributed by atoms with Crippen LogP contribution in [0.3, 0.4) is 0 Å². The van der Waals surface area contributed by atoms with Gasteiger partial charge in [-0.1, -0.05) is 29.8 Å². The monoisotopic (exact) mass is 358 g/mol. The number of carbonyl (C=O) groups excluding carboxylic acids is 1. The van der Waals surface area contributed by atoms with Crippen LogP contribution in [0, 0.1) is 12.8 Å². The summed E-state index contributed by atoms with van der Waals surface area (Å²) in [5, 5.41) is 12.1. The number of benzene rings is 1. The van der Waals surface area contributed by atoms with Gasteiger partial charge in [-0.3, -0.25) is 9.59 Å². The number of nitrogens with zero attached hydrogens (tertiary/aromatic N) is 1. The topological polar surface area (TPSA) is 102 Å². The van der Waals surface area contributed by atoms with Gasteiger partial charge in [-0.05, 0) is 31.7 Å². The summed E-state index contributed by atoms with van der Waals surface area (Å²) < 4.78 is 10.9. The second-order valence-electron chi connectivity index (χ2n) is 6.51. The van der Waals surface area contributed by atoms with E-state index in [0.717, 1.165) is 24.0 Å². The SMILES string of the molecule is Cc1cccc(C[C@@H](CNC(=O)c2ncoc2[C@@H]2CCCO2)C(=O)O)c1. The largest absolute Gasteiger partial charge is 0.481 e. The Balaban J connectivity index is 1.63. The maximum absolute atomic E-state index is 12.4. The van der Waals surface area contributed by atoms with E-state index in [1.165, 1.54) is 6.39 Å². The van der Waals surface area contributed by atoms with Crippen LogP contribution in [0.25, 0.3) is 0 Å². The Kier molecular flexibility index (Phi) is 5.68. The van der Waals surface area contributed by atoms with Crippen LogP contribution in [0.15, 0.2) is 35.1 Å². The number of hydrogen-bond donors (Lipinski definition) is 2. The molecule has 1 aromatic carbocycles. The number of nitrogens with one attached hydrogen (secondary N) is 1. The molecule has 2 aromatic rings. The Morgan fingerprint density at radius 1 is 1.42 bits per heavy atom. The quantitative estimate of drug-likeness (QED) is 0.788. The van der Waals surface area contributed by atoms with Gasteiger partial charge in [0.15, 0.2) is 17.8 Å². The van der Waals surface area contributed by atoms with Crippen LogP contribution in [0.4, 0.5) is 0 Å². The molecule has 0 aliphatic carbocycles. The number of ether oxygens (including phenoxy) is 1. The molecule has 0 spiro atoms. The van der Waals surface area contributed by atoms with Crippen molar-refractivity contribution < 1.29 is 23.8 Å². The lowest BCUT2D eigenvalue weighted by Crippen LogP contribution is -2.34. The number of rotatable bonds is 7. The molecule has 2 heterocycles. The number of aromatic nitrogens is 1. The van der Waals surface area contributed by atoms with E-state index >= 15 is 0 Å². The van der Waals surface area contributed by atoms with Gasteiger partial charge in [-0.25, -0.2) is 4.98 Å². The Bertz CT molecular complexity index is 780. The van der Waals surface area contributed by atoms with Gasteiger partial charge in [-0.2, -0.15) is 0 Å². The molecule has 0 radical (unpaired) electrons. The number of aryl methyl sites for hydroxylation is 1. The van der Waals surface area contributed by atoms with Gasteiger partial charge in [0.25, 0.3) is 5.91 Å². The van der Waals surface area contributed by atoms with E-state index in [9.17, 15) is 14.7 Å². The summed E-state index contributed by atoms with van der Waals surface area (Å²) in [4.78, 5) is 28.0. The molecule has 1 aromatic heterocycles. The van der Waals surface area contributed by atoms with Crippen molar-refractivity contribution in [2.45, 2.75) is 32.3 Å². The zero-order chi connectivity index (χ0) is 18.5. The van der Waals surface area contributed by atoms with Crippen LogP contribution in [0.1, 0.15) is 46.3 Å². The Labute approximate surface area is 151 Å². The highest BCUT2D eigenvalue weighted by Crippen LogP contribution is 2.30. The second-order valence-corrected chi connectivity index (χ2v) is 6.51. The lowest BCUT2D eigenvalue weighted by molar-refractivity contribution is -0.141. The highest BCUT2D eigenvalue weighted by atomic mass is 16.5. The van der Waals surface area contributed by atoms with E-state index in [2.05, 4.69) is 10.3 Å². The van der Waals surface area contributed by atoms with Crippen molar-refractivity contribution in [2.24, 2.45) is 5.92 Å². The van der Waals surface area contributed by atoms with Gasteiger partial charge in [0, 0.05) is 13.2 Å². The molecular weight excluding hydrogens is 336 g/mol. The Hall–Kier alpha value is -2.67. The molecule has 138 valence electrons. The first-order valence-corrected chi connectivity index (χ1v) is 8.66. The minimum Gasteiger partial charge on any atom is -0.481 e. The lowest BCUT2D eigenvalue weighted by Gasteiger charge is -2.14. The number of carboxylic acids is 1. The molecule has 7 heteroatoms. The molecule has 2 N–H and O–H groups in total. The lowest BCUT2D eigenvalue weighted by atomic mass is 9.98. The normalized spacial score (nSPS) is 17.8. The van der Waals surface area contributed by atoms with Crippen LogP contribution in [-0.4, -0.2) is 35.1 Å². The number of hydrogen-bond acceptors (Lipinski definition) is 5. The highest BCUT2D eigenvalue weighted by Gasteiger charge is 2.28. The van der Waals surface area contributed by atoms with Crippen molar-refractivity contribution in [3.63, 3.8) is 0 Å². The number of carboxylic acid groups (broad SMARTS) is 1. The molecule has 26 heavy (non-hydrogen) atoms. The molecule has 7 nitrogen and oxygen atoms in total. The molecule has 0 saturated carbocycles. The molecular formula is C19H22N2O5. The maximum atomic E-state index is 12.4. The molecule has 0 unspecified atom stereocenters. The van der Waals surface area contributed by atoms with Gasteiger partial charge in [0.05, 0.1) is 5.92 Å². The van der Waals surface area contributed by atoms with Crippen molar-refractivity contribution in [1.82, 2.24) is 10.3 Å². The number of aliphatic carboxylic acids is 1. The number of amides is 1. The van der Waals surface area contributed by atoms with Crippen molar-refractivity contribution in [3.8, 4) is 0 Å². The van der Waals surface area contributed by atoms with E-state index in [1.807, 2.05) is 31.2 Å². The number of oxazole rings is 1. The third kappa shape index (κ3) is 4.29. The first-order valence-electron chi connectivity index (χ1n) is 8.66. The molecule has 3 rings (SSSR count). The van der Waals surface area contributed by atoms with E-state index in [-0.39, 0.29) is 18.3 Å². The zero-order valence-electron chi connectivity index (χ0n) is 14.6. The highest BCUT2D eigenvalue weighted by molar-refractivity contribution is 5.93. The van der Waals surface area contributed by atoms with Crippen LogP contribution >= 0.6 is 0 Å². The molecule has 2 atom stereocenters. The van der Waals surface area contributed by atoms with Crippen molar-refractivity contribution in [3.05, 3.63) is 53.2 Å². The fourth-order valence-corrected chi connectivity index (χ4v) is 3.11. The molecule has 1 saturated heterocycles. The van der Waals surface area contributed by atoms with E-state index in [1.54, 1.807) is 0 Å². The summed E-state index contributed by atoms with van der Waals surface area (Å²) in [6.45, 7) is 2.60. The van der Waals surface area contributed by atoms with Gasteiger partial charge in [-0.15, -0.1) is 0 Å². The molecule has 1 fully saturated rings. The van der Waals surface area contributed by atoms with Crippen LogP contribution in [0.2, 0.25) is 0 Å². The minimum atomic E-state index is -0.952. The van der Waals surface area contributed by atoms with Gasteiger partial charge in [0.2, 0.25) is 0 Å². The zero-order valence-corrected chi connectivity index (χ0v) is 14.6. The summed E-state index contributed by atoms with van der Waals surface area (Å²) in [7, 11) is 0. The summed E-state index contributed by atoms with van der Waals surface area (Å²) >= 11 is 0. The van der Waals surface area contributed by atoms with Crippen molar-refractivity contribution in [1.29, 1.82) is 0 Å². The second kappa shape index (κ2) is 8.14. The average molecular weight is 358 g/mol. The van der Waals surface area contributed by atoms with Crippen molar-refractivity contribution in [2.75, 3.05) is 13.2 Å². The third-order valence-corrected chi connectivity index (χ3v) is 4.45. The standard InChI is InChI=1S/C19H22N2O5/c1-12-4-2-5-13(8-12)9-14(19(23)24)10-20-18(22)16-17(26-11-21-16)15-6-3-7-25-15/h2,4-5,8,11,14-15H,3,6-7,9-10H2,1H3,(H,20,22)(H,23,24)/t14-,15-/m0/s1. The molecule has 1 aliphatic rings. The number of carbonyl (C=O) groups is 2. The summed E-state index contributed by atoms with van der Waals surface area (Å²) in [5.74, 6) is -1.71. The molecule has 1 aliphatic heterocycles. The van der Waals surface area contributed by atoms with Gasteiger partial charge < -0.3 is 19.6 Å². The van der Waals surface area contributed by atoms with E-state index in [0.29, 0.717) is 18.8 Å². The smallest absolute Gasteiger partial charge is 0.308 e. The Morgan fingerprint density at radius 2 is 2.27 bits per heavy atom. The van der Waals surface area contributed by atoms with Gasteiger partial charge in [0.1, 0.15) is 6.10 Å². The first kappa shape index (κ1) is 18.1. The summed E-state index contributed by atoms with van der Waals surface area (Å²) in [6, 6.07) is 7.69. The third-order valence-electron chi connectivity index (χ3n) is 4.45. The maximum Gasteiger partial charge on any atom is 0.308 e. The first-order chi connectivity index (χ1) is 12.5. The van der Waals surface area contributed by atoms with E-state index in [4.69, 9.17) is 9.15 Å². The predicted octanol–water partition coefficient (Wildman–Crippen LogP) is 2.51. The molecule has 1 amide bonds. The van der Waals surface area contributed by atoms with Crippen LogP contribution < -0.4 is 5.32 Å². The van der Waals surface area contributed by atoms with Crippen molar-refractivity contribution >= 4 is 11.9 Å².